The maximum Gasteiger partial charge on any atom is 0.270 e. The van der Waals surface area contributed by atoms with E-state index in [0.29, 0.717) is 41.4 Å². The Morgan fingerprint density at radius 3 is 2.76 bits per heavy atom. The number of benzene rings is 1. The van der Waals surface area contributed by atoms with Crippen LogP contribution in [0.3, 0.4) is 0 Å². The molecular weight excluding hydrogens is 445 g/mol. The summed E-state index contributed by atoms with van der Waals surface area (Å²) in [6.45, 7) is 0. The number of aromatic amines is 1. The lowest BCUT2D eigenvalue weighted by Gasteiger charge is -2.28. The molecule has 3 atom stereocenters. The fraction of sp³-hybridized carbons (Fsp3) is 0.520. The minimum Gasteiger partial charge on any atom is -0.351 e. The molecule has 1 aromatic carbocycles. The van der Waals surface area contributed by atoms with Gasteiger partial charge in [0.25, 0.3) is 5.79 Å². The SMILES string of the molecule is N#CC(F)(CC1CCCCC1=O)NC(=O)C(CC(=O)c1cc2cccc(Cl)c2[nH]1)CC1CC1. The van der Waals surface area contributed by atoms with E-state index in [-0.39, 0.29) is 24.4 Å². The minimum atomic E-state index is -2.63. The van der Waals surface area contributed by atoms with E-state index in [1.807, 2.05) is 6.07 Å². The van der Waals surface area contributed by atoms with E-state index in [2.05, 4.69) is 10.3 Å². The molecule has 33 heavy (non-hydrogen) atoms. The van der Waals surface area contributed by atoms with E-state index in [1.165, 1.54) is 0 Å². The van der Waals surface area contributed by atoms with Crippen molar-refractivity contribution in [1.29, 1.82) is 5.26 Å². The van der Waals surface area contributed by atoms with Crippen LogP contribution in [0.25, 0.3) is 10.9 Å². The number of amides is 1. The van der Waals surface area contributed by atoms with Gasteiger partial charge >= 0.3 is 0 Å². The number of hydrogen-bond acceptors (Lipinski definition) is 4. The summed E-state index contributed by atoms with van der Waals surface area (Å²) in [4.78, 5) is 41.1. The van der Waals surface area contributed by atoms with E-state index in [4.69, 9.17) is 11.6 Å². The second-order valence-corrected chi connectivity index (χ2v) is 9.81. The van der Waals surface area contributed by atoms with Crippen LogP contribution in [0.15, 0.2) is 24.3 Å². The summed E-state index contributed by atoms with van der Waals surface area (Å²) in [7, 11) is 0. The fourth-order valence-corrected chi connectivity index (χ4v) is 4.90. The van der Waals surface area contributed by atoms with Crippen molar-refractivity contribution in [2.75, 3.05) is 0 Å². The van der Waals surface area contributed by atoms with Gasteiger partial charge in [-0.2, -0.15) is 5.26 Å². The van der Waals surface area contributed by atoms with Crippen molar-refractivity contribution in [3.05, 3.63) is 35.0 Å². The molecule has 2 fully saturated rings. The van der Waals surface area contributed by atoms with E-state index in [9.17, 15) is 19.6 Å². The molecular formula is C25H27ClFN3O3. The molecule has 1 amide bonds. The zero-order chi connectivity index (χ0) is 23.6. The normalized spacial score (nSPS) is 21.2. The van der Waals surface area contributed by atoms with Crippen LogP contribution in [0.4, 0.5) is 4.39 Å². The molecule has 2 N–H and O–H groups in total. The molecule has 8 heteroatoms. The highest BCUT2D eigenvalue weighted by Crippen LogP contribution is 2.37. The highest BCUT2D eigenvalue weighted by molar-refractivity contribution is 6.35. The Labute approximate surface area is 196 Å². The number of carbonyl (C=O) groups excluding carboxylic acids is 3. The van der Waals surface area contributed by atoms with Gasteiger partial charge in [0.15, 0.2) is 5.78 Å². The fourth-order valence-electron chi connectivity index (χ4n) is 4.67. The number of carbonyl (C=O) groups is 3. The number of nitriles is 1. The molecule has 2 aromatic rings. The van der Waals surface area contributed by atoms with Crippen LogP contribution in [-0.2, 0) is 9.59 Å². The average molecular weight is 472 g/mol. The Morgan fingerprint density at radius 2 is 2.09 bits per heavy atom. The highest BCUT2D eigenvalue weighted by atomic mass is 35.5. The summed E-state index contributed by atoms with van der Waals surface area (Å²) in [5.74, 6) is -4.62. The van der Waals surface area contributed by atoms with E-state index < -0.39 is 23.5 Å². The van der Waals surface area contributed by atoms with Crippen LogP contribution in [0.5, 0.6) is 0 Å². The standard InChI is InChI=1S/C25H27ClFN3O3/c26-19-6-3-5-16-11-20(29-23(16)19)22(32)12-18(10-15-8-9-15)24(33)30-25(27,14-28)13-17-4-1-2-7-21(17)31/h3,5-6,11,15,17-18,29H,1-2,4,7-10,12-13H2,(H,30,33). The molecule has 0 saturated heterocycles. The summed E-state index contributed by atoms with van der Waals surface area (Å²) >= 11 is 6.18. The zero-order valence-corrected chi connectivity index (χ0v) is 19.1. The quantitative estimate of drug-likeness (QED) is 0.384. The number of fused-ring (bicyclic) bond motifs is 1. The number of rotatable bonds is 9. The predicted octanol–water partition coefficient (Wildman–Crippen LogP) is 5.27. The highest BCUT2D eigenvalue weighted by Gasteiger charge is 2.40. The van der Waals surface area contributed by atoms with Crippen molar-refractivity contribution in [3.63, 3.8) is 0 Å². The summed E-state index contributed by atoms with van der Waals surface area (Å²) < 4.78 is 15.3. The lowest BCUT2D eigenvalue weighted by molar-refractivity contribution is -0.131. The maximum atomic E-state index is 15.3. The van der Waals surface area contributed by atoms with Gasteiger partial charge in [-0.25, -0.2) is 4.39 Å². The summed E-state index contributed by atoms with van der Waals surface area (Å²) in [5.41, 5.74) is 0.987. The molecule has 3 unspecified atom stereocenters. The Hall–Kier alpha value is -2.72. The molecule has 6 nitrogen and oxygen atoms in total. The number of para-hydroxylation sites is 1. The van der Waals surface area contributed by atoms with Gasteiger partial charge in [-0.05, 0) is 37.3 Å². The van der Waals surface area contributed by atoms with Crippen LogP contribution in [0.1, 0.15) is 68.3 Å². The van der Waals surface area contributed by atoms with E-state index in [1.54, 1.807) is 24.3 Å². The number of nitrogens with zero attached hydrogens (tertiary/aromatic N) is 1. The van der Waals surface area contributed by atoms with Crippen molar-refractivity contribution < 1.29 is 18.8 Å². The molecule has 0 spiro atoms. The lowest BCUT2D eigenvalue weighted by atomic mass is 9.83. The molecule has 4 rings (SSSR count). The largest absolute Gasteiger partial charge is 0.351 e. The first-order valence-corrected chi connectivity index (χ1v) is 11.9. The summed E-state index contributed by atoms with van der Waals surface area (Å²) in [5, 5.41) is 13.0. The van der Waals surface area contributed by atoms with Gasteiger partial charge in [-0.1, -0.05) is 43.0 Å². The number of hydrogen-bond donors (Lipinski definition) is 2. The second kappa shape index (κ2) is 9.64. The van der Waals surface area contributed by atoms with Crippen LogP contribution in [0, 0.1) is 29.1 Å². The van der Waals surface area contributed by atoms with Gasteiger partial charge < -0.3 is 10.3 Å². The topological polar surface area (TPSA) is 103 Å². The Morgan fingerprint density at radius 1 is 1.30 bits per heavy atom. The number of Topliss-reactive ketones (excluding diaryl/α,β-unsaturated/α-hetero) is 2. The molecule has 0 bridgehead atoms. The number of alkyl halides is 1. The molecule has 2 aliphatic carbocycles. The number of aromatic nitrogens is 1. The number of nitrogens with one attached hydrogen (secondary N) is 2. The minimum absolute atomic E-state index is 0.0602. The van der Waals surface area contributed by atoms with Gasteiger partial charge in [-0.3, -0.25) is 14.4 Å². The first-order valence-electron chi connectivity index (χ1n) is 11.5. The molecule has 0 radical (unpaired) electrons. The number of H-pyrrole nitrogens is 1. The van der Waals surface area contributed by atoms with Crippen LogP contribution in [0.2, 0.25) is 5.02 Å². The van der Waals surface area contributed by atoms with Crippen LogP contribution >= 0.6 is 11.6 Å². The van der Waals surface area contributed by atoms with Crippen molar-refractivity contribution in [1.82, 2.24) is 10.3 Å². The molecule has 174 valence electrons. The Bertz CT molecular complexity index is 1120. The third-order valence-electron chi connectivity index (χ3n) is 6.73. The molecule has 2 saturated carbocycles. The van der Waals surface area contributed by atoms with Gasteiger partial charge in [-0.15, -0.1) is 0 Å². The Balaban J connectivity index is 1.46. The first-order chi connectivity index (χ1) is 15.8. The molecule has 1 aromatic heterocycles. The van der Waals surface area contributed by atoms with Gasteiger partial charge in [0.2, 0.25) is 5.91 Å². The number of halogens is 2. The second-order valence-electron chi connectivity index (χ2n) is 9.41. The Kier molecular flexibility index (Phi) is 6.85. The summed E-state index contributed by atoms with van der Waals surface area (Å²) in [6, 6.07) is 8.59. The first kappa shape index (κ1) is 23.4. The van der Waals surface area contributed by atoms with Crippen molar-refractivity contribution >= 4 is 40.0 Å². The zero-order valence-electron chi connectivity index (χ0n) is 18.3. The third kappa shape index (κ3) is 5.62. The smallest absolute Gasteiger partial charge is 0.270 e. The van der Waals surface area contributed by atoms with Crippen molar-refractivity contribution in [3.8, 4) is 6.07 Å². The van der Waals surface area contributed by atoms with Crippen molar-refractivity contribution in [2.24, 2.45) is 17.8 Å². The lowest BCUT2D eigenvalue weighted by Crippen LogP contribution is -2.48. The van der Waals surface area contributed by atoms with Crippen molar-refractivity contribution in [2.45, 2.75) is 63.6 Å². The van der Waals surface area contributed by atoms with E-state index >= 15 is 4.39 Å². The molecule has 0 aliphatic heterocycles. The monoisotopic (exact) mass is 471 g/mol. The predicted molar refractivity (Wildman–Crippen MR) is 122 cm³/mol. The van der Waals surface area contributed by atoms with Crippen LogP contribution < -0.4 is 5.32 Å². The van der Waals surface area contributed by atoms with Crippen LogP contribution in [-0.4, -0.2) is 28.3 Å². The maximum absolute atomic E-state index is 15.3. The van der Waals surface area contributed by atoms with Gasteiger partial charge in [0.1, 0.15) is 11.9 Å². The number of ketones is 2. The van der Waals surface area contributed by atoms with Gasteiger partial charge in [0, 0.05) is 36.5 Å². The van der Waals surface area contributed by atoms with Gasteiger partial charge in [0.05, 0.1) is 16.2 Å². The summed E-state index contributed by atoms with van der Waals surface area (Å²) in [6.07, 6.45) is 4.43. The molecule has 2 aliphatic rings. The third-order valence-corrected chi connectivity index (χ3v) is 7.05. The van der Waals surface area contributed by atoms with E-state index in [0.717, 1.165) is 31.1 Å². The molecule has 1 heterocycles. The average Bonchev–Trinajstić information content (AvgIpc) is 3.49.